The van der Waals surface area contributed by atoms with Crippen LogP contribution in [0.1, 0.15) is 42.2 Å². The summed E-state index contributed by atoms with van der Waals surface area (Å²) in [6.45, 7) is 1.88. The number of halogens is 2. The van der Waals surface area contributed by atoms with Crippen molar-refractivity contribution in [3.8, 4) is 23.0 Å². The fourth-order valence-electron chi connectivity index (χ4n) is 4.09. The van der Waals surface area contributed by atoms with E-state index in [1.54, 1.807) is 48.5 Å². The number of nitrogens with one attached hydrogen (secondary N) is 2. The van der Waals surface area contributed by atoms with Gasteiger partial charge in [-0.1, -0.05) is 39.7 Å². The maximum atomic E-state index is 13.0. The molecule has 0 bridgehead atoms. The fraction of sp³-hybridized carbons (Fsp3) is 0.125. The number of carbonyl (C=O) groups excluding carboxylic acids is 3. The van der Waals surface area contributed by atoms with Crippen molar-refractivity contribution in [3.05, 3.63) is 110 Å². The molecule has 10 nitrogen and oxygen atoms in total. The van der Waals surface area contributed by atoms with Crippen molar-refractivity contribution in [1.82, 2.24) is 5.43 Å². The Morgan fingerprint density at radius 2 is 1.43 bits per heavy atom. The maximum absolute atomic E-state index is 13.0. The molecule has 4 rings (SSSR count). The Morgan fingerprint density at radius 1 is 0.750 bits per heavy atom. The van der Waals surface area contributed by atoms with Gasteiger partial charge in [0, 0.05) is 26.9 Å². The summed E-state index contributed by atoms with van der Waals surface area (Å²) in [5, 5.41) is 6.83. The molecule has 4 aromatic rings. The molecule has 0 radical (unpaired) electrons. The predicted molar refractivity (Wildman–Crippen MR) is 174 cm³/mol. The minimum absolute atomic E-state index is 0.231. The highest BCUT2D eigenvalue weighted by molar-refractivity contribution is 9.11. The van der Waals surface area contributed by atoms with Crippen molar-refractivity contribution in [2.75, 3.05) is 26.6 Å². The first-order valence-corrected chi connectivity index (χ1v) is 14.5. The highest BCUT2D eigenvalue weighted by Crippen LogP contribution is 2.38. The molecule has 0 aliphatic carbocycles. The predicted octanol–water partition coefficient (Wildman–Crippen LogP) is 6.78. The summed E-state index contributed by atoms with van der Waals surface area (Å²) in [5.74, 6) is -0.278. The number of esters is 1. The number of hydrogen-bond donors (Lipinski definition) is 2. The molecule has 2 amide bonds. The van der Waals surface area contributed by atoms with E-state index in [2.05, 4.69) is 47.7 Å². The van der Waals surface area contributed by atoms with Gasteiger partial charge >= 0.3 is 5.97 Å². The average molecular weight is 725 g/mol. The topological polar surface area (TPSA) is 125 Å². The Kier molecular flexibility index (Phi) is 10.7. The number of ether oxygens (including phenoxy) is 4. The lowest BCUT2D eigenvalue weighted by molar-refractivity contribution is 0.0732. The van der Waals surface area contributed by atoms with E-state index in [-0.39, 0.29) is 16.9 Å². The molecule has 0 aliphatic heterocycles. The molecular formula is C32H27Br2N3O7. The Morgan fingerprint density at radius 3 is 2.09 bits per heavy atom. The normalized spacial score (nSPS) is 10.7. The first-order valence-electron chi connectivity index (χ1n) is 13.0. The number of nitrogens with zero attached hydrogens (tertiary/aromatic N) is 1. The molecule has 2 N–H and O–H groups in total. The summed E-state index contributed by atoms with van der Waals surface area (Å²) in [7, 11) is 4.38. The van der Waals surface area contributed by atoms with E-state index in [0.717, 1.165) is 5.56 Å². The maximum Gasteiger partial charge on any atom is 0.343 e. The molecule has 0 saturated heterocycles. The molecule has 0 heterocycles. The summed E-state index contributed by atoms with van der Waals surface area (Å²) in [5.41, 5.74) is 5.09. The largest absolute Gasteiger partial charge is 0.493 e. The van der Waals surface area contributed by atoms with Crippen LogP contribution in [0, 0.1) is 6.92 Å². The van der Waals surface area contributed by atoms with Gasteiger partial charge in [-0.05, 0) is 77.5 Å². The van der Waals surface area contributed by atoms with Gasteiger partial charge in [0.2, 0.25) is 5.75 Å². The molecule has 12 heteroatoms. The van der Waals surface area contributed by atoms with Crippen LogP contribution in [0.3, 0.4) is 0 Å². The highest BCUT2D eigenvalue weighted by Gasteiger charge is 2.18. The van der Waals surface area contributed by atoms with Gasteiger partial charge in [-0.2, -0.15) is 5.10 Å². The third-order valence-corrected chi connectivity index (χ3v) is 7.21. The van der Waals surface area contributed by atoms with Crippen molar-refractivity contribution in [3.63, 3.8) is 0 Å². The molecule has 0 aromatic heterocycles. The Bertz CT molecular complexity index is 1730. The molecule has 0 unspecified atom stereocenters. The van der Waals surface area contributed by atoms with E-state index in [4.69, 9.17) is 18.9 Å². The van der Waals surface area contributed by atoms with Gasteiger partial charge in [-0.25, -0.2) is 10.2 Å². The van der Waals surface area contributed by atoms with Crippen LogP contribution in [0.4, 0.5) is 5.69 Å². The third kappa shape index (κ3) is 7.82. The number of benzene rings is 4. The molecule has 44 heavy (non-hydrogen) atoms. The fourth-order valence-corrected chi connectivity index (χ4v) is 5.43. The van der Waals surface area contributed by atoms with E-state index >= 15 is 0 Å². The second-order valence-corrected chi connectivity index (χ2v) is 11.0. The van der Waals surface area contributed by atoms with Crippen LogP contribution in [-0.2, 0) is 0 Å². The first-order chi connectivity index (χ1) is 21.1. The third-order valence-electron chi connectivity index (χ3n) is 6.16. The Labute approximate surface area is 270 Å². The summed E-state index contributed by atoms with van der Waals surface area (Å²) in [6, 6.07) is 19.9. The molecule has 0 fully saturated rings. The molecule has 0 atom stereocenters. The highest BCUT2D eigenvalue weighted by atomic mass is 79.9. The molecule has 0 aliphatic rings. The lowest BCUT2D eigenvalue weighted by Crippen LogP contribution is -2.18. The van der Waals surface area contributed by atoms with Crippen molar-refractivity contribution >= 4 is 61.5 Å². The van der Waals surface area contributed by atoms with E-state index < -0.39 is 17.8 Å². The number of methoxy groups -OCH3 is 3. The summed E-state index contributed by atoms with van der Waals surface area (Å²) < 4.78 is 22.8. The van der Waals surface area contributed by atoms with E-state index in [1.165, 1.54) is 45.7 Å². The quantitative estimate of drug-likeness (QED) is 0.0800. The summed E-state index contributed by atoms with van der Waals surface area (Å²) in [4.78, 5) is 38.7. The molecule has 226 valence electrons. The number of rotatable bonds is 10. The second-order valence-electron chi connectivity index (χ2n) is 9.21. The molecule has 0 spiro atoms. The van der Waals surface area contributed by atoms with Crippen molar-refractivity contribution in [1.29, 1.82) is 0 Å². The first kappa shape index (κ1) is 32.2. The second kappa shape index (κ2) is 14.7. The van der Waals surface area contributed by atoms with Crippen LogP contribution in [-0.4, -0.2) is 45.3 Å². The standard InChI is InChI=1S/C32H27Br2N3O7/c1-18-7-5-9-20(11-18)32(40)44-28-22(12-23(33)16-25(28)34)17-35-37-31(39)19-8-6-10-24(13-19)36-30(38)21-14-26(41-2)29(43-4)27(15-21)42-3/h5-17H,1-4H3,(H,36,38)(H,37,39). The average Bonchev–Trinajstić information content (AvgIpc) is 3.01. The van der Waals surface area contributed by atoms with Crippen LogP contribution in [0.5, 0.6) is 23.0 Å². The van der Waals surface area contributed by atoms with Gasteiger partial charge in [0.05, 0.1) is 37.6 Å². The number of anilines is 1. The van der Waals surface area contributed by atoms with Gasteiger partial charge in [0.1, 0.15) is 0 Å². The zero-order chi connectivity index (χ0) is 31.8. The number of hydrogen-bond acceptors (Lipinski definition) is 8. The lowest BCUT2D eigenvalue weighted by atomic mass is 10.1. The van der Waals surface area contributed by atoms with Gasteiger partial charge in [0.25, 0.3) is 11.8 Å². The van der Waals surface area contributed by atoms with Crippen LogP contribution in [0.25, 0.3) is 0 Å². The zero-order valence-corrected chi connectivity index (χ0v) is 27.2. The number of aryl methyl sites for hydroxylation is 1. The van der Waals surface area contributed by atoms with Gasteiger partial charge in [-0.15, -0.1) is 0 Å². The van der Waals surface area contributed by atoms with Crippen molar-refractivity contribution in [2.24, 2.45) is 5.10 Å². The van der Waals surface area contributed by atoms with E-state index in [1.807, 2.05) is 13.0 Å². The lowest BCUT2D eigenvalue weighted by Gasteiger charge is -2.14. The Hall–Kier alpha value is -4.68. The zero-order valence-electron chi connectivity index (χ0n) is 24.1. The minimum Gasteiger partial charge on any atom is -0.493 e. The number of carbonyl (C=O) groups is 3. The summed E-state index contributed by atoms with van der Waals surface area (Å²) in [6.07, 6.45) is 1.36. The number of hydrazone groups is 1. The molecule has 4 aromatic carbocycles. The van der Waals surface area contributed by atoms with Crippen LogP contribution in [0.15, 0.2) is 86.8 Å². The summed E-state index contributed by atoms with van der Waals surface area (Å²) >= 11 is 6.85. The van der Waals surface area contributed by atoms with Crippen molar-refractivity contribution in [2.45, 2.75) is 6.92 Å². The van der Waals surface area contributed by atoms with Gasteiger partial charge < -0.3 is 24.3 Å². The van der Waals surface area contributed by atoms with Crippen LogP contribution >= 0.6 is 31.9 Å². The van der Waals surface area contributed by atoms with E-state index in [9.17, 15) is 14.4 Å². The smallest absolute Gasteiger partial charge is 0.343 e. The van der Waals surface area contributed by atoms with E-state index in [0.29, 0.717) is 43.0 Å². The van der Waals surface area contributed by atoms with Gasteiger partial charge in [-0.3, -0.25) is 9.59 Å². The van der Waals surface area contributed by atoms with Crippen molar-refractivity contribution < 1.29 is 33.3 Å². The monoisotopic (exact) mass is 723 g/mol. The Balaban J connectivity index is 1.48. The number of amides is 2. The molecular weight excluding hydrogens is 698 g/mol. The minimum atomic E-state index is -0.541. The van der Waals surface area contributed by atoms with Crippen LogP contribution in [0.2, 0.25) is 0 Å². The SMILES string of the molecule is COc1cc(C(=O)Nc2cccc(C(=O)NN=Cc3cc(Br)cc(Br)c3OC(=O)c3cccc(C)c3)c2)cc(OC)c1OC. The van der Waals surface area contributed by atoms with Crippen LogP contribution < -0.4 is 29.7 Å². The molecule has 0 saturated carbocycles. The van der Waals surface area contributed by atoms with Gasteiger partial charge in [0.15, 0.2) is 17.2 Å².